The molecule has 0 aromatic heterocycles. The molecule has 2 N–H and O–H groups in total. The van der Waals surface area contributed by atoms with E-state index in [0.29, 0.717) is 11.3 Å². The highest BCUT2D eigenvalue weighted by Gasteiger charge is 2.23. The van der Waals surface area contributed by atoms with Crippen molar-refractivity contribution >= 4 is 39.2 Å². The van der Waals surface area contributed by atoms with Crippen LogP contribution in [0.3, 0.4) is 0 Å². The van der Waals surface area contributed by atoms with Gasteiger partial charge in [-0.25, -0.2) is 4.79 Å². The summed E-state index contributed by atoms with van der Waals surface area (Å²) in [6.07, 6.45) is 0.0239. The minimum atomic E-state index is -0.929. The molecule has 0 aliphatic heterocycles. The Balaban J connectivity index is 1.97. The Morgan fingerprint density at radius 2 is 1.85 bits per heavy atom. The second kappa shape index (κ2) is 9.67. The van der Waals surface area contributed by atoms with Crippen molar-refractivity contribution in [3.8, 4) is 0 Å². The molecule has 27 heavy (non-hydrogen) atoms. The molecule has 0 fully saturated rings. The predicted octanol–water partition coefficient (Wildman–Crippen LogP) is 3.19. The minimum Gasteiger partial charge on any atom is -0.467 e. The quantitative estimate of drug-likeness (QED) is 0.374. The van der Waals surface area contributed by atoms with Crippen LogP contribution in [0.25, 0.3) is 0 Å². The second-order valence-electron chi connectivity index (χ2n) is 5.53. The number of methoxy groups -OCH3 is 1. The number of hydrogen-bond donors (Lipinski definition) is 2. The second-order valence-corrected chi connectivity index (χ2v) is 6.44. The molecule has 0 saturated heterocycles. The number of rotatable bonds is 8. The van der Waals surface area contributed by atoms with Crippen molar-refractivity contribution in [3.05, 3.63) is 68.7 Å². The smallest absolute Gasteiger partial charge is 0.333 e. The van der Waals surface area contributed by atoms with Gasteiger partial charge in [0.2, 0.25) is 5.91 Å². The van der Waals surface area contributed by atoms with Crippen LogP contribution < -0.4 is 10.6 Å². The van der Waals surface area contributed by atoms with Crippen LogP contribution in [0.1, 0.15) is 18.0 Å². The summed E-state index contributed by atoms with van der Waals surface area (Å²) in [6.45, 7) is 0.172. The van der Waals surface area contributed by atoms with Gasteiger partial charge in [0.05, 0.1) is 12.0 Å². The van der Waals surface area contributed by atoms with E-state index in [4.69, 9.17) is 4.74 Å². The number of ether oxygens (including phenoxy) is 1. The third kappa shape index (κ3) is 5.78. The van der Waals surface area contributed by atoms with Crippen molar-refractivity contribution in [1.29, 1.82) is 0 Å². The largest absolute Gasteiger partial charge is 0.467 e. The lowest BCUT2D eigenvalue weighted by atomic mass is 10.1. The third-order valence-electron chi connectivity index (χ3n) is 3.71. The normalized spacial score (nSPS) is 11.3. The summed E-state index contributed by atoms with van der Waals surface area (Å²) in [4.78, 5) is 34.7. The predicted molar refractivity (Wildman–Crippen MR) is 103 cm³/mol. The Bertz CT molecular complexity index is 826. The van der Waals surface area contributed by atoms with Crippen molar-refractivity contribution in [3.63, 3.8) is 0 Å². The maximum atomic E-state index is 12.2. The number of carbonyl (C=O) groups excluding carboxylic acids is 2. The number of anilines is 1. The number of carbonyl (C=O) groups is 2. The van der Waals surface area contributed by atoms with E-state index in [9.17, 15) is 19.7 Å². The lowest BCUT2D eigenvalue weighted by Gasteiger charge is -2.17. The molecule has 0 aliphatic carbocycles. The topological polar surface area (TPSA) is 111 Å². The fourth-order valence-corrected chi connectivity index (χ4v) is 2.64. The number of nitrogens with one attached hydrogen (secondary N) is 2. The maximum absolute atomic E-state index is 12.2. The molecule has 0 saturated carbocycles. The maximum Gasteiger partial charge on any atom is 0.333 e. The van der Waals surface area contributed by atoms with Crippen LogP contribution in [0.2, 0.25) is 0 Å². The molecule has 142 valence electrons. The molecule has 9 heteroatoms. The van der Waals surface area contributed by atoms with Gasteiger partial charge in [0, 0.05) is 23.5 Å². The summed E-state index contributed by atoms with van der Waals surface area (Å²) < 4.78 is 5.60. The van der Waals surface area contributed by atoms with E-state index in [1.807, 2.05) is 0 Å². The highest BCUT2D eigenvalue weighted by atomic mass is 79.9. The van der Waals surface area contributed by atoms with Gasteiger partial charge in [-0.1, -0.05) is 40.2 Å². The van der Waals surface area contributed by atoms with Gasteiger partial charge in [-0.3, -0.25) is 14.9 Å². The van der Waals surface area contributed by atoms with Crippen molar-refractivity contribution in [2.45, 2.75) is 12.5 Å². The third-order valence-corrected chi connectivity index (χ3v) is 4.24. The highest BCUT2D eigenvalue weighted by Crippen LogP contribution is 2.23. The van der Waals surface area contributed by atoms with E-state index in [1.165, 1.54) is 13.2 Å². The average molecular weight is 436 g/mol. The van der Waals surface area contributed by atoms with Crippen LogP contribution in [0.15, 0.2) is 53.0 Å². The van der Waals surface area contributed by atoms with Crippen LogP contribution in [0, 0.1) is 10.1 Å². The van der Waals surface area contributed by atoms with Crippen LogP contribution >= 0.6 is 15.9 Å². The number of esters is 1. The number of benzene rings is 2. The standard InChI is InChI=1S/C18H18BrN3O5/c1-27-18(24)17(12-6-8-13(19)9-7-12)21-16(23)10-11-20-14-4-2-3-5-15(14)22(25)26/h2-9,17,20H,10-11H2,1H3,(H,21,23). The molecular weight excluding hydrogens is 418 g/mol. The average Bonchev–Trinajstić information content (AvgIpc) is 2.66. The molecule has 0 spiro atoms. The first-order valence-corrected chi connectivity index (χ1v) is 8.81. The molecule has 2 aromatic rings. The first-order chi connectivity index (χ1) is 12.9. The van der Waals surface area contributed by atoms with E-state index in [0.717, 1.165) is 4.47 Å². The lowest BCUT2D eigenvalue weighted by molar-refractivity contribution is -0.384. The summed E-state index contributed by atoms with van der Waals surface area (Å²) in [7, 11) is 1.25. The molecule has 1 atom stereocenters. The summed E-state index contributed by atoms with van der Waals surface area (Å²) >= 11 is 3.31. The van der Waals surface area contributed by atoms with E-state index >= 15 is 0 Å². The number of hydrogen-bond acceptors (Lipinski definition) is 6. The van der Waals surface area contributed by atoms with Gasteiger partial charge in [0.25, 0.3) is 5.69 Å². The number of para-hydroxylation sites is 2. The molecule has 1 unspecified atom stereocenters. The molecule has 8 nitrogen and oxygen atoms in total. The van der Waals surface area contributed by atoms with Gasteiger partial charge in [0.15, 0.2) is 6.04 Å². The molecule has 0 radical (unpaired) electrons. The SMILES string of the molecule is COC(=O)C(NC(=O)CCNc1ccccc1[N+](=O)[O-])c1ccc(Br)cc1. The lowest BCUT2D eigenvalue weighted by Crippen LogP contribution is -2.35. The zero-order chi connectivity index (χ0) is 19.8. The van der Waals surface area contributed by atoms with Crippen LogP contribution in [-0.4, -0.2) is 30.5 Å². The highest BCUT2D eigenvalue weighted by molar-refractivity contribution is 9.10. The first-order valence-electron chi connectivity index (χ1n) is 8.02. The van der Waals surface area contributed by atoms with Gasteiger partial charge >= 0.3 is 5.97 Å². The van der Waals surface area contributed by atoms with Gasteiger partial charge < -0.3 is 15.4 Å². The number of amides is 1. The summed E-state index contributed by atoms with van der Waals surface area (Å²) in [5.41, 5.74) is 0.845. The fourth-order valence-electron chi connectivity index (χ4n) is 2.38. The Kier molecular flexibility index (Phi) is 7.30. The molecule has 2 aromatic carbocycles. The Labute approximate surface area is 164 Å². The van der Waals surface area contributed by atoms with Crippen LogP contribution in [-0.2, 0) is 14.3 Å². The Morgan fingerprint density at radius 1 is 1.19 bits per heavy atom. The molecule has 0 aliphatic rings. The van der Waals surface area contributed by atoms with Crippen LogP contribution in [0.4, 0.5) is 11.4 Å². The number of nitro groups is 1. The zero-order valence-corrected chi connectivity index (χ0v) is 16.1. The zero-order valence-electron chi connectivity index (χ0n) is 14.5. The molecule has 1 amide bonds. The first kappa shape index (κ1) is 20.4. The van der Waals surface area contributed by atoms with E-state index in [-0.39, 0.29) is 24.6 Å². The van der Waals surface area contributed by atoms with Gasteiger partial charge in [-0.15, -0.1) is 0 Å². The Hall–Kier alpha value is -2.94. The van der Waals surface area contributed by atoms with E-state index < -0.39 is 16.9 Å². The monoisotopic (exact) mass is 435 g/mol. The number of nitro benzene ring substituents is 1. The minimum absolute atomic E-state index is 0.0239. The van der Waals surface area contributed by atoms with Crippen molar-refractivity contribution < 1.29 is 19.2 Å². The molecular formula is C18H18BrN3O5. The number of halogens is 1. The summed E-state index contributed by atoms with van der Waals surface area (Å²) in [6, 6.07) is 12.2. The van der Waals surface area contributed by atoms with Gasteiger partial charge in [-0.2, -0.15) is 0 Å². The van der Waals surface area contributed by atoms with Crippen LogP contribution in [0.5, 0.6) is 0 Å². The number of nitrogens with zero attached hydrogens (tertiary/aromatic N) is 1. The van der Waals surface area contributed by atoms with Crippen molar-refractivity contribution in [2.24, 2.45) is 0 Å². The van der Waals surface area contributed by atoms with Crippen molar-refractivity contribution in [2.75, 3.05) is 19.0 Å². The summed E-state index contributed by atoms with van der Waals surface area (Å²) in [5, 5.41) is 16.5. The molecule has 0 bridgehead atoms. The Morgan fingerprint density at radius 3 is 2.48 bits per heavy atom. The fraction of sp³-hybridized carbons (Fsp3) is 0.222. The molecule has 0 heterocycles. The summed E-state index contributed by atoms with van der Waals surface area (Å²) in [5.74, 6) is -0.975. The van der Waals surface area contributed by atoms with Crippen molar-refractivity contribution in [1.82, 2.24) is 5.32 Å². The van der Waals surface area contributed by atoms with E-state index in [1.54, 1.807) is 42.5 Å². The van der Waals surface area contributed by atoms with Gasteiger partial charge in [0.1, 0.15) is 5.69 Å². The molecule has 2 rings (SSSR count). The van der Waals surface area contributed by atoms with Gasteiger partial charge in [-0.05, 0) is 23.8 Å². The van der Waals surface area contributed by atoms with E-state index in [2.05, 4.69) is 26.6 Å².